The molecule has 1 saturated carbocycles. The van der Waals surface area contributed by atoms with E-state index in [2.05, 4.69) is 49.1 Å². The minimum absolute atomic E-state index is 0.0000214. The van der Waals surface area contributed by atoms with Crippen molar-refractivity contribution in [3.63, 3.8) is 0 Å². The number of hydrogen-bond acceptors (Lipinski definition) is 6. The summed E-state index contributed by atoms with van der Waals surface area (Å²) in [6.07, 6.45) is 6.72. The number of nitriles is 1. The van der Waals surface area contributed by atoms with Gasteiger partial charge in [-0.25, -0.2) is 4.52 Å². The third-order valence-electron chi connectivity index (χ3n) is 8.23. The summed E-state index contributed by atoms with van der Waals surface area (Å²) >= 11 is 0. The van der Waals surface area contributed by atoms with Crippen molar-refractivity contribution < 1.29 is 9.47 Å². The maximum absolute atomic E-state index is 14.3. The number of hydrogen-bond donors (Lipinski definition) is 0. The molecule has 0 bridgehead atoms. The van der Waals surface area contributed by atoms with Gasteiger partial charge in [-0.3, -0.25) is 9.36 Å². The van der Waals surface area contributed by atoms with E-state index in [-0.39, 0.29) is 17.2 Å². The van der Waals surface area contributed by atoms with Crippen molar-refractivity contribution in [1.29, 1.82) is 5.26 Å². The number of nitrogens with zero attached hydrogens (tertiary/aromatic N) is 5. The summed E-state index contributed by atoms with van der Waals surface area (Å²) < 4.78 is 16.2. The average Bonchev–Trinajstić information content (AvgIpc) is 3.56. The second-order valence-electron chi connectivity index (χ2n) is 11.6. The van der Waals surface area contributed by atoms with E-state index in [1.165, 1.54) is 0 Å². The molecule has 0 amide bonds. The molecule has 8 nitrogen and oxygen atoms in total. The molecule has 1 saturated heterocycles. The molecule has 4 aromatic rings. The lowest BCUT2D eigenvalue weighted by molar-refractivity contribution is -0.203. The zero-order valence-corrected chi connectivity index (χ0v) is 23.4. The third kappa shape index (κ3) is 4.74. The van der Waals surface area contributed by atoms with E-state index >= 15 is 0 Å². The van der Waals surface area contributed by atoms with Crippen LogP contribution in [0.4, 0.5) is 0 Å². The standard InChI is InChI=1S/C32H35N5O3/c1-4-7-28-27(18-22-10-12-23(13-11-22)26-9-6-5-8-24(26)19-33)29(38)36(30-34-21-35-37(28)30)25-14-16-32(17-15-25)39-20-31(2,3)40-32/h5-6,8-13,21,25H,4,7,14-18,20H2,1-3H3. The van der Waals surface area contributed by atoms with Gasteiger partial charge in [0.1, 0.15) is 6.33 Å². The van der Waals surface area contributed by atoms with Gasteiger partial charge in [0.2, 0.25) is 5.78 Å². The van der Waals surface area contributed by atoms with Crippen LogP contribution >= 0.6 is 0 Å². The van der Waals surface area contributed by atoms with Crippen molar-refractivity contribution in [3.8, 4) is 17.2 Å². The minimum Gasteiger partial charge on any atom is -0.347 e. The number of fused-ring (bicyclic) bond motifs is 1. The summed E-state index contributed by atoms with van der Waals surface area (Å²) in [6, 6.07) is 18.0. The van der Waals surface area contributed by atoms with Crippen LogP contribution in [0.25, 0.3) is 16.9 Å². The fraction of sp³-hybridized carbons (Fsp3) is 0.438. The Labute approximate surface area is 234 Å². The number of benzene rings is 2. The van der Waals surface area contributed by atoms with E-state index in [1.54, 1.807) is 6.33 Å². The Balaban J connectivity index is 1.34. The lowest BCUT2D eigenvalue weighted by Crippen LogP contribution is -2.40. The normalized spacial score (nSPS) is 22.1. The summed E-state index contributed by atoms with van der Waals surface area (Å²) in [4.78, 5) is 18.8. The summed E-state index contributed by atoms with van der Waals surface area (Å²) in [5.74, 6) is 0.0555. The highest BCUT2D eigenvalue weighted by Crippen LogP contribution is 2.44. The topological polar surface area (TPSA) is 94.4 Å². The number of aromatic nitrogens is 4. The molecule has 1 aliphatic heterocycles. The van der Waals surface area contributed by atoms with Crippen molar-refractivity contribution in [3.05, 3.63) is 87.6 Å². The van der Waals surface area contributed by atoms with Crippen LogP contribution in [-0.4, -0.2) is 37.2 Å². The summed E-state index contributed by atoms with van der Waals surface area (Å²) in [7, 11) is 0. The first-order chi connectivity index (χ1) is 19.3. The maximum Gasteiger partial charge on any atom is 0.259 e. The lowest BCUT2D eigenvalue weighted by atomic mass is 9.89. The lowest BCUT2D eigenvalue weighted by Gasteiger charge is -2.37. The zero-order valence-electron chi connectivity index (χ0n) is 23.4. The van der Waals surface area contributed by atoms with Crippen molar-refractivity contribution in [2.45, 2.75) is 83.1 Å². The molecule has 1 spiro atoms. The monoisotopic (exact) mass is 537 g/mol. The van der Waals surface area contributed by atoms with Crippen LogP contribution in [-0.2, 0) is 22.3 Å². The largest absolute Gasteiger partial charge is 0.347 e. The molecule has 6 rings (SSSR count). The van der Waals surface area contributed by atoms with Gasteiger partial charge in [0.25, 0.3) is 5.56 Å². The fourth-order valence-corrected chi connectivity index (χ4v) is 6.33. The molecule has 2 fully saturated rings. The first-order valence-corrected chi connectivity index (χ1v) is 14.2. The van der Waals surface area contributed by atoms with E-state index in [9.17, 15) is 10.1 Å². The molecule has 206 valence electrons. The summed E-state index contributed by atoms with van der Waals surface area (Å²) in [5, 5.41) is 14.1. The fourth-order valence-electron chi connectivity index (χ4n) is 6.33. The molecule has 0 N–H and O–H groups in total. The minimum atomic E-state index is -0.551. The molecule has 8 heteroatoms. The third-order valence-corrected chi connectivity index (χ3v) is 8.23. The zero-order chi connectivity index (χ0) is 27.9. The maximum atomic E-state index is 14.3. The molecule has 2 aliphatic rings. The molecule has 2 aromatic heterocycles. The summed E-state index contributed by atoms with van der Waals surface area (Å²) in [6.45, 7) is 6.82. The molecule has 1 aliphatic carbocycles. The van der Waals surface area contributed by atoms with Gasteiger partial charge in [0.15, 0.2) is 5.79 Å². The predicted molar refractivity (Wildman–Crippen MR) is 152 cm³/mol. The Morgan fingerprint density at radius 1 is 1.10 bits per heavy atom. The second-order valence-corrected chi connectivity index (χ2v) is 11.6. The van der Waals surface area contributed by atoms with Crippen molar-refractivity contribution >= 4 is 5.78 Å². The Kier molecular flexibility index (Phi) is 6.81. The van der Waals surface area contributed by atoms with Crippen molar-refractivity contribution in [1.82, 2.24) is 19.2 Å². The van der Waals surface area contributed by atoms with E-state index < -0.39 is 5.79 Å². The highest BCUT2D eigenvalue weighted by Gasteiger charge is 2.48. The van der Waals surface area contributed by atoms with Gasteiger partial charge in [-0.1, -0.05) is 55.8 Å². The highest BCUT2D eigenvalue weighted by molar-refractivity contribution is 5.70. The van der Waals surface area contributed by atoms with Gasteiger partial charge in [0.05, 0.1) is 29.5 Å². The Bertz CT molecular complexity index is 1640. The SMILES string of the molecule is CCCc1c(Cc2ccc(-c3ccccc3C#N)cc2)c(=O)n(C2CCC3(CC2)OCC(C)(C)O3)c2ncnn12. The van der Waals surface area contributed by atoms with E-state index in [4.69, 9.17) is 9.47 Å². The first kappa shape index (κ1) is 26.4. The molecule has 2 aromatic carbocycles. The Hall–Kier alpha value is -3.80. The quantitative estimate of drug-likeness (QED) is 0.317. The van der Waals surface area contributed by atoms with Crippen molar-refractivity contribution in [2.24, 2.45) is 0 Å². The molecule has 3 heterocycles. The van der Waals surface area contributed by atoms with Gasteiger partial charge in [-0.2, -0.15) is 15.3 Å². The molecule has 0 unspecified atom stereocenters. The Morgan fingerprint density at radius 3 is 2.52 bits per heavy atom. The van der Waals surface area contributed by atoms with E-state index in [0.717, 1.165) is 66.5 Å². The van der Waals surface area contributed by atoms with Crippen LogP contribution in [0.2, 0.25) is 0 Å². The number of rotatable bonds is 6. The van der Waals surface area contributed by atoms with Crippen LogP contribution in [0.5, 0.6) is 0 Å². The second kappa shape index (κ2) is 10.3. The predicted octanol–water partition coefficient (Wildman–Crippen LogP) is 5.61. The van der Waals surface area contributed by atoms with E-state index in [0.29, 0.717) is 24.4 Å². The molecule has 0 radical (unpaired) electrons. The van der Waals surface area contributed by atoms with Gasteiger partial charge in [-0.05, 0) is 55.9 Å². The van der Waals surface area contributed by atoms with Crippen molar-refractivity contribution in [2.75, 3.05) is 6.61 Å². The first-order valence-electron chi connectivity index (χ1n) is 14.2. The average molecular weight is 538 g/mol. The van der Waals surface area contributed by atoms with Crippen LogP contribution < -0.4 is 5.56 Å². The van der Waals surface area contributed by atoms with Crippen LogP contribution in [0.3, 0.4) is 0 Å². The van der Waals surface area contributed by atoms with E-state index in [1.807, 2.05) is 45.5 Å². The Morgan fingerprint density at radius 2 is 1.85 bits per heavy atom. The smallest absolute Gasteiger partial charge is 0.259 e. The van der Waals surface area contributed by atoms with Gasteiger partial charge in [0, 0.05) is 30.9 Å². The van der Waals surface area contributed by atoms with Crippen LogP contribution in [0.1, 0.15) is 81.3 Å². The van der Waals surface area contributed by atoms with Gasteiger partial charge < -0.3 is 9.47 Å². The van der Waals surface area contributed by atoms with Crippen LogP contribution in [0, 0.1) is 11.3 Å². The molecular weight excluding hydrogens is 502 g/mol. The van der Waals surface area contributed by atoms with Gasteiger partial charge in [-0.15, -0.1) is 0 Å². The number of ether oxygens (including phenoxy) is 2. The highest BCUT2D eigenvalue weighted by atomic mass is 16.8. The number of aryl methyl sites for hydroxylation is 1. The summed E-state index contributed by atoms with van der Waals surface area (Å²) in [5.41, 5.74) is 4.98. The molecular formula is C32H35N5O3. The van der Waals surface area contributed by atoms with Gasteiger partial charge >= 0.3 is 0 Å². The van der Waals surface area contributed by atoms with Crippen LogP contribution in [0.15, 0.2) is 59.7 Å². The molecule has 40 heavy (non-hydrogen) atoms. The molecule has 0 atom stereocenters.